The zero-order chi connectivity index (χ0) is 16.1. The second-order valence-corrected chi connectivity index (χ2v) is 6.75. The van der Waals surface area contributed by atoms with Crippen LogP contribution in [0.4, 0.5) is 4.79 Å². The van der Waals surface area contributed by atoms with E-state index in [1.54, 1.807) is 6.20 Å². The molecule has 1 aliphatic heterocycles. The Morgan fingerprint density at radius 3 is 2.83 bits per heavy atom. The average molecular weight is 320 g/mol. The molecule has 3 unspecified atom stereocenters. The summed E-state index contributed by atoms with van der Waals surface area (Å²) in [4.78, 5) is 14.7. The number of hydrogen-bond acceptors (Lipinski definition) is 3. The van der Waals surface area contributed by atoms with E-state index in [4.69, 9.17) is 0 Å². The molecule has 1 aromatic rings. The van der Waals surface area contributed by atoms with Crippen LogP contribution in [0.1, 0.15) is 57.4 Å². The lowest BCUT2D eigenvalue weighted by atomic mass is 9.90. The van der Waals surface area contributed by atoms with E-state index < -0.39 is 0 Å². The molecular weight excluding hydrogens is 292 g/mol. The number of rotatable bonds is 4. The van der Waals surface area contributed by atoms with E-state index in [-0.39, 0.29) is 30.8 Å². The summed E-state index contributed by atoms with van der Waals surface area (Å²) in [6.45, 7) is 0.948. The van der Waals surface area contributed by atoms with Crippen LogP contribution in [0.15, 0.2) is 18.5 Å². The molecule has 0 bridgehead atoms. The molecule has 3 rings (SSSR count). The predicted octanol–water partition coefficient (Wildman–Crippen LogP) is 2.31. The molecule has 2 amide bonds. The quantitative estimate of drug-likeness (QED) is 0.894. The first-order valence-corrected chi connectivity index (χ1v) is 8.96. The molecule has 0 radical (unpaired) electrons. The van der Waals surface area contributed by atoms with E-state index in [2.05, 4.69) is 10.4 Å². The van der Waals surface area contributed by atoms with Crippen LogP contribution in [0.25, 0.3) is 0 Å². The molecule has 2 fully saturated rings. The summed E-state index contributed by atoms with van der Waals surface area (Å²) in [6.07, 6.45) is 12.1. The Kier molecular flexibility index (Phi) is 5.54. The Hall–Kier alpha value is -1.56. The number of hydrogen-bond donors (Lipinski definition) is 2. The van der Waals surface area contributed by atoms with Gasteiger partial charge in [-0.1, -0.05) is 12.8 Å². The molecule has 0 aromatic carbocycles. The molecule has 0 spiro atoms. The van der Waals surface area contributed by atoms with E-state index in [0.717, 1.165) is 45.1 Å². The minimum absolute atomic E-state index is 0.0345. The van der Waals surface area contributed by atoms with Gasteiger partial charge in [0.2, 0.25) is 0 Å². The molecular formula is C17H28N4O2. The van der Waals surface area contributed by atoms with Crippen LogP contribution < -0.4 is 5.32 Å². The molecule has 2 heterocycles. The van der Waals surface area contributed by atoms with Gasteiger partial charge in [0.1, 0.15) is 0 Å². The lowest BCUT2D eigenvalue weighted by Crippen LogP contribution is -2.53. The van der Waals surface area contributed by atoms with Gasteiger partial charge in [-0.2, -0.15) is 5.10 Å². The van der Waals surface area contributed by atoms with Crippen LogP contribution in [-0.4, -0.2) is 51.1 Å². The molecule has 1 aromatic heterocycles. The maximum atomic E-state index is 12.8. The number of carbonyl (C=O) groups is 1. The topological polar surface area (TPSA) is 70.4 Å². The summed E-state index contributed by atoms with van der Waals surface area (Å²) in [5, 5.41) is 16.9. The molecule has 1 aliphatic carbocycles. The Labute approximate surface area is 137 Å². The average Bonchev–Trinajstić information content (AvgIpc) is 3.10. The van der Waals surface area contributed by atoms with Gasteiger partial charge in [-0.15, -0.1) is 0 Å². The van der Waals surface area contributed by atoms with E-state index in [1.165, 1.54) is 6.42 Å². The molecule has 1 saturated carbocycles. The number of amides is 2. The summed E-state index contributed by atoms with van der Waals surface area (Å²) in [6, 6.07) is 2.56. The Balaban J connectivity index is 1.65. The summed E-state index contributed by atoms with van der Waals surface area (Å²) >= 11 is 0. The minimum atomic E-state index is 0.0345. The third kappa shape index (κ3) is 3.86. The van der Waals surface area contributed by atoms with E-state index in [1.807, 2.05) is 21.8 Å². The van der Waals surface area contributed by atoms with Crippen LogP contribution in [-0.2, 0) is 0 Å². The second kappa shape index (κ2) is 7.81. The van der Waals surface area contributed by atoms with Crippen molar-refractivity contribution in [2.24, 2.45) is 0 Å². The van der Waals surface area contributed by atoms with Gasteiger partial charge in [0.05, 0.1) is 12.1 Å². The van der Waals surface area contributed by atoms with Crippen molar-refractivity contribution in [2.45, 2.75) is 69.5 Å². The molecule has 23 heavy (non-hydrogen) atoms. The van der Waals surface area contributed by atoms with Crippen molar-refractivity contribution in [1.29, 1.82) is 0 Å². The first-order valence-electron chi connectivity index (χ1n) is 8.96. The molecule has 2 N–H and O–H groups in total. The van der Waals surface area contributed by atoms with Crippen LogP contribution in [0.5, 0.6) is 0 Å². The Morgan fingerprint density at radius 1 is 1.22 bits per heavy atom. The van der Waals surface area contributed by atoms with Crippen LogP contribution >= 0.6 is 0 Å². The highest BCUT2D eigenvalue weighted by molar-refractivity contribution is 5.75. The molecule has 6 nitrogen and oxygen atoms in total. The molecule has 2 aliphatic rings. The van der Waals surface area contributed by atoms with Gasteiger partial charge in [-0.05, 0) is 44.6 Å². The zero-order valence-electron chi connectivity index (χ0n) is 13.7. The van der Waals surface area contributed by atoms with Crippen LogP contribution in [0.3, 0.4) is 0 Å². The number of piperidine rings is 1. The number of nitrogens with zero attached hydrogens (tertiary/aromatic N) is 3. The fourth-order valence-corrected chi connectivity index (χ4v) is 4.03. The van der Waals surface area contributed by atoms with E-state index in [9.17, 15) is 9.90 Å². The number of carbonyl (C=O) groups excluding carboxylic acids is 1. The van der Waals surface area contributed by atoms with Gasteiger partial charge in [0, 0.05) is 31.6 Å². The van der Waals surface area contributed by atoms with Crippen molar-refractivity contribution in [3.05, 3.63) is 18.5 Å². The lowest BCUT2D eigenvalue weighted by molar-refractivity contribution is 0.123. The summed E-state index contributed by atoms with van der Waals surface area (Å²) in [5.41, 5.74) is 0. The molecule has 1 saturated heterocycles. The summed E-state index contributed by atoms with van der Waals surface area (Å²) in [7, 11) is 0. The van der Waals surface area contributed by atoms with E-state index in [0.29, 0.717) is 6.42 Å². The van der Waals surface area contributed by atoms with Gasteiger partial charge in [0.15, 0.2) is 0 Å². The van der Waals surface area contributed by atoms with Crippen molar-refractivity contribution in [3.63, 3.8) is 0 Å². The maximum absolute atomic E-state index is 12.8. The summed E-state index contributed by atoms with van der Waals surface area (Å²) < 4.78 is 1.99. The normalized spacial score (nSPS) is 28.6. The number of aromatic nitrogens is 2. The number of nitrogens with one attached hydrogen (secondary N) is 1. The van der Waals surface area contributed by atoms with Crippen molar-refractivity contribution < 1.29 is 9.90 Å². The maximum Gasteiger partial charge on any atom is 0.317 e. The van der Waals surface area contributed by atoms with Crippen LogP contribution in [0, 0.1) is 0 Å². The predicted molar refractivity (Wildman–Crippen MR) is 88.1 cm³/mol. The minimum Gasteiger partial charge on any atom is -0.396 e. The highest BCUT2D eigenvalue weighted by Crippen LogP contribution is 2.29. The van der Waals surface area contributed by atoms with Gasteiger partial charge < -0.3 is 15.3 Å². The largest absolute Gasteiger partial charge is 0.396 e. The highest BCUT2D eigenvalue weighted by atomic mass is 16.3. The SMILES string of the molecule is O=C(NC1CCCCC1n1cccn1)N1CCCCC1CCO. The molecule has 6 heteroatoms. The van der Waals surface area contributed by atoms with Crippen molar-refractivity contribution in [3.8, 4) is 0 Å². The third-order valence-electron chi connectivity index (χ3n) is 5.25. The number of likely N-dealkylation sites (tertiary alicyclic amines) is 1. The number of aliphatic hydroxyl groups excluding tert-OH is 1. The number of urea groups is 1. The second-order valence-electron chi connectivity index (χ2n) is 6.75. The summed E-state index contributed by atoms with van der Waals surface area (Å²) in [5.74, 6) is 0. The third-order valence-corrected chi connectivity index (χ3v) is 5.25. The highest BCUT2D eigenvalue weighted by Gasteiger charge is 2.32. The van der Waals surface area contributed by atoms with Gasteiger partial charge >= 0.3 is 6.03 Å². The Bertz CT molecular complexity index is 489. The first-order chi connectivity index (χ1) is 11.3. The zero-order valence-corrected chi connectivity index (χ0v) is 13.7. The molecule has 128 valence electrons. The van der Waals surface area contributed by atoms with Gasteiger partial charge in [-0.25, -0.2) is 4.79 Å². The van der Waals surface area contributed by atoms with Gasteiger partial charge in [-0.3, -0.25) is 4.68 Å². The smallest absolute Gasteiger partial charge is 0.317 e. The van der Waals surface area contributed by atoms with Crippen molar-refractivity contribution in [2.75, 3.05) is 13.2 Å². The molecule has 3 atom stereocenters. The van der Waals surface area contributed by atoms with E-state index >= 15 is 0 Å². The van der Waals surface area contributed by atoms with Gasteiger partial charge in [0.25, 0.3) is 0 Å². The number of aliphatic hydroxyl groups is 1. The van der Waals surface area contributed by atoms with Crippen LogP contribution in [0.2, 0.25) is 0 Å². The van der Waals surface area contributed by atoms with Crippen molar-refractivity contribution >= 4 is 6.03 Å². The monoisotopic (exact) mass is 320 g/mol. The lowest BCUT2D eigenvalue weighted by Gasteiger charge is -2.39. The standard InChI is InChI=1S/C17H28N4O2/c22-13-9-14-6-3-4-11-20(14)17(23)19-15-7-1-2-8-16(15)21-12-5-10-18-21/h5,10,12,14-16,22H,1-4,6-9,11,13H2,(H,19,23). The fourth-order valence-electron chi connectivity index (χ4n) is 4.03. The first kappa shape index (κ1) is 16.3. The fraction of sp³-hybridized carbons (Fsp3) is 0.765. The Morgan fingerprint density at radius 2 is 2.04 bits per heavy atom. The van der Waals surface area contributed by atoms with Crippen molar-refractivity contribution in [1.82, 2.24) is 20.0 Å².